The molecule has 1 aliphatic rings. The minimum atomic E-state index is -0.974. The third-order valence-corrected chi connectivity index (χ3v) is 4.54. The Balaban J connectivity index is 2.31. The van der Waals surface area contributed by atoms with Crippen molar-refractivity contribution in [3.05, 3.63) is 38.9 Å². The van der Waals surface area contributed by atoms with E-state index in [2.05, 4.69) is 5.32 Å². The van der Waals surface area contributed by atoms with Gasteiger partial charge in [0.2, 0.25) is 0 Å². The van der Waals surface area contributed by atoms with Crippen LogP contribution in [0.1, 0.15) is 43.0 Å². The van der Waals surface area contributed by atoms with Crippen molar-refractivity contribution in [1.29, 1.82) is 0 Å². The van der Waals surface area contributed by atoms with E-state index >= 15 is 0 Å². The second kappa shape index (κ2) is 6.54. The monoisotopic (exact) mass is 340 g/mol. The molecule has 2 N–H and O–H groups in total. The molecule has 1 aromatic carbocycles. The van der Waals surface area contributed by atoms with Gasteiger partial charge in [-0.25, -0.2) is 0 Å². The lowest BCUT2D eigenvalue weighted by Crippen LogP contribution is -2.55. The first kappa shape index (κ1) is 17.2. The summed E-state index contributed by atoms with van der Waals surface area (Å²) < 4.78 is 0. The number of nitrogens with zero attached hydrogens (tertiary/aromatic N) is 1. The van der Waals surface area contributed by atoms with Crippen LogP contribution in [-0.4, -0.2) is 27.4 Å². The Morgan fingerprint density at radius 1 is 1.43 bits per heavy atom. The Labute approximate surface area is 137 Å². The number of nitro groups is 1. The van der Waals surface area contributed by atoms with Crippen LogP contribution in [0, 0.1) is 16.0 Å². The Morgan fingerprint density at radius 3 is 2.74 bits per heavy atom. The fourth-order valence-corrected chi connectivity index (χ4v) is 3.22. The summed E-state index contributed by atoms with van der Waals surface area (Å²) in [6.07, 6.45) is 2.55. The van der Waals surface area contributed by atoms with E-state index in [0.29, 0.717) is 12.8 Å². The smallest absolute Gasteiger partial charge is 0.308 e. The molecule has 1 fully saturated rings. The number of amides is 1. The van der Waals surface area contributed by atoms with Gasteiger partial charge in [-0.3, -0.25) is 19.7 Å². The highest BCUT2D eigenvalue weighted by atomic mass is 35.5. The molecule has 124 valence electrons. The maximum atomic E-state index is 12.5. The zero-order chi connectivity index (χ0) is 17.2. The number of carboxylic acids is 1. The summed E-state index contributed by atoms with van der Waals surface area (Å²) in [6.45, 7) is 1.67. The van der Waals surface area contributed by atoms with Crippen molar-refractivity contribution in [2.45, 2.75) is 38.1 Å². The molecular weight excluding hydrogens is 324 g/mol. The number of carboxylic acid groups (broad SMARTS) is 1. The van der Waals surface area contributed by atoms with Crippen molar-refractivity contribution in [2.24, 2.45) is 5.92 Å². The number of benzene rings is 1. The van der Waals surface area contributed by atoms with Crippen LogP contribution in [0.4, 0.5) is 5.69 Å². The van der Waals surface area contributed by atoms with Crippen LogP contribution in [0.2, 0.25) is 5.02 Å². The number of aliphatic carboxylic acids is 1. The topological polar surface area (TPSA) is 110 Å². The second-order valence-electron chi connectivity index (χ2n) is 5.93. The molecule has 0 heterocycles. The average Bonchev–Trinajstić information content (AvgIpc) is 2.46. The molecule has 0 radical (unpaired) electrons. The average molecular weight is 341 g/mol. The lowest BCUT2D eigenvalue weighted by Gasteiger charge is -2.39. The van der Waals surface area contributed by atoms with Crippen molar-refractivity contribution in [3.8, 4) is 0 Å². The molecule has 2 unspecified atom stereocenters. The minimum Gasteiger partial charge on any atom is -0.481 e. The quantitative estimate of drug-likeness (QED) is 0.646. The van der Waals surface area contributed by atoms with Gasteiger partial charge in [0, 0.05) is 11.1 Å². The van der Waals surface area contributed by atoms with Crippen molar-refractivity contribution in [3.63, 3.8) is 0 Å². The highest BCUT2D eigenvalue weighted by Crippen LogP contribution is 2.34. The molecule has 0 aliphatic heterocycles. The van der Waals surface area contributed by atoms with E-state index in [0.717, 1.165) is 18.9 Å². The first-order chi connectivity index (χ1) is 10.7. The van der Waals surface area contributed by atoms with Crippen molar-refractivity contribution < 1.29 is 19.6 Å². The first-order valence-electron chi connectivity index (χ1n) is 7.24. The van der Waals surface area contributed by atoms with Gasteiger partial charge in [0.15, 0.2) is 0 Å². The molecule has 2 atom stereocenters. The second-order valence-corrected chi connectivity index (χ2v) is 6.36. The summed E-state index contributed by atoms with van der Waals surface area (Å²) in [4.78, 5) is 34.3. The van der Waals surface area contributed by atoms with E-state index in [1.165, 1.54) is 12.1 Å². The summed E-state index contributed by atoms with van der Waals surface area (Å²) in [5.41, 5.74) is -1.47. The molecule has 1 saturated carbocycles. The standard InChI is InChI=1S/C15H17ClN2O5/c1-15(7-3-2-4-11(15)14(20)21)17-13(19)10-6-5-9(16)8-12(10)18(22)23/h5-6,8,11H,2-4,7H2,1H3,(H,17,19)(H,20,21). The predicted octanol–water partition coefficient (Wildman–Crippen LogP) is 3.01. The number of hydrogen-bond acceptors (Lipinski definition) is 4. The fraction of sp³-hybridized carbons (Fsp3) is 0.467. The first-order valence-corrected chi connectivity index (χ1v) is 7.61. The molecule has 0 saturated heterocycles. The van der Waals surface area contributed by atoms with Crippen LogP contribution in [0.15, 0.2) is 18.2 Å². The summed E-state index contributed by atoms with van der Waals surface area (Å²) >= 11 is 5.74. The molecular formula is C15H17ClN2O5. The Kier molecular flexibility index (Phi) is 4.89. The lowest BCUT2D eigenvalue weighted by molar-refractivity contribution is -0.385. The minimum absolute atomic E-state index is 0.129. The van der Waals surface area contributed by atoms with Crippen molar-refractivity contribution >= 4 is 29.2 Å². The Morgan fingerprint density at radius 2 is 2.13 bits per heavy atom. The summed E-state index contributed by atoms with van der Waals surface area (Å²) in [5, 5.41) is 23.3. The van der Waals surface area contributed by atoms with Gasteiger partial charge in [0.25, 0.3) is 11.6 Å². The van der Waals surface area contributed by atoms with Gasteiger partial charge in [-0.2, -0.15) is 0 Å². The SMILES string of the molecule is CC1(NC(=O)c2ccc(Cl)cc2[N+](=O)[O-])CCCCC1C(=O)O. The molecule has 8 heteroatoms. The summed E-state index contributed by atoms with van der Waals surface area (Å²) in [5.74, 6) is -2.35. The van der Waals surface area contributed by atoms with E-state index in [9.17, 15) is 24.8 Å². The maximum Gasteiger partial charge on any atom is 0.308 e. The van der Waals surface area contributed by atoms with Gasteiger partial charge in [-0.15, -0.1) is 0 Å². The zero-order valence-electron chi connectivity index (χ0n) is 12.5. The third kappa shape index (κ3) is 3.61. The number of carbonyl (C=O) groups is 2. The van der Waals surface area contributed by atoms with Gasteiger partial charge in [0.1, 0.15) is 5.56 Å². The number of nitrogens with one attached hydrogen (secondary N) is 1. The van der Waals surface area contributed by atoms with E-state index in [-0.39, 0.29) is 10.6 Å². The van der Waals surface area contributed by atoms with Crippen molar-refractivity contribution in [2.75, 3.05) is 0 Å². The van der Waals surface area contributed by atoms with Gasteiger partial charge >= 0.3 is 5.97 Å². The number of rotatable bonds is 4. The summed E-state index contributed by atoms with van der Waals surface area (Å²) in [6, 6.07) is 3.77. The Hall–Kier alpha value is -2.15. The lowest BCUT2D eigenvalue weighted by atomic mass is 9.73. The molecule has 2 rings (SSSR count). The number of nitro benzene ring substituents is 1. The molecule has 0 bridgehead atoms. The van der Waals surface area contributed by atoms with E-state index in [4.69, 9.17) is 11.6 Å². The molecule has 23 heavy (non-hydrogen) atoms. The molecule has 1 amide bonds. The highest BCUT2D eigenvalue weighted by Gasteiger charge is 2.42. The fourth-order valence-electron chi connectivity index (χ4n) is 3.05. The van der Waals surface area contributed by atoms with Crippen LogP contribution in [0.3, 0.4) is 0 Å². The number of hydrogen-bond donors (Lipinski definition) is 2. The third-order valence-electron chi connectivity index (χ3n) is 4.31. The van der Waals surface area contributed by atoms with Crippen LogP contribution in [-0.2, 0) is 4.79 Å². The van der Waals surface area contributed by atoms with Gasteiger partial charge in [-0.05, 0) is 31.9 Å². The molecule has 0 spiro atoms. The molecule has 1 aliphatic carbocycles. The number of carbonyl (C=O) groups excluding carboxylic acids is 1. The van der Waals surface area contributed by atoms with Crippen LogP contribution in [0.25, 0.3) is 0 Å². The molecule has 7 nitrogen and oxygen atoms in total. The van der Waals surface area contributed by atoms with Crippen LogP contribution < -0.4 is 5.32 Å². The molecule has 0 aromatic heterocycles. The Bertz CT molecular complexity index is 663. The van der Waals surface area contributed by atoms with Crippen LogP contribution in [0.5, 0.6) is 0 Å². The van der Waals surface area contributed by atoms with Gasteiger partial charge < -0.3 is 10.4 Å². The normalized spacial score (nSPS) is 24.0. The van der Waals surface area contributed by atoms with Crippen LogP contribution >= 0.6 is 11.6 Å². The summed E-state index contributed by atoms with van der Waals surface area (Å²) in [7, 11) is 0. The zero-order valence-corrected chi connectivity index (χ0v) is 13.3. The number of halogens is 1. The van der Waals surface area contributed by atoms with E-state index in [1.54, 1.807) is 6.92 Å². The van der Waals surface area contributed by atoms with E-state index in [1.807, 2.05) is 0 Å². The highest BCUT2D eigenvalue weighted by molar-refractivity contribution is 6.31. The molecule has 1 aromatic rings. The van der Waals surface area contributed by atoms with Crippen molar-refractivity contribution in [1.82, 2.24) is 5.32 Å². The van der Waals surface area contributed by atoms with E-state index < -0.39 is 33.9 Å². The predicted molar refractivity (Wildman–Crippen MR) is 83.6 cm³/mol. The van der Waals surface area contributed by atoms with Gasteiger partial charge in [0.05, 0.1) is 16.4 Å². The maximum absolute atomic E-state index is 12.5. The van der Waals surface area contributed by atoms with Gasteiger partial charge in [-0.1, -0.05) is 24.4 Å². The largest absolute Gasteiger partial charge is 0.481 e.